The van der Waals surface area contributed by atoms with E-state index in [4.69, 9.17) is 5.73 Å². The highest BCUT2D eigenvalue weighted by molar-refractivity contribution is 7.09. The normalized spacial score (nSPS) is 10.3. The summed E-state index contributed by atoms with van der Waals surface area (Å²) in [6.45, 7) is 0.541. The predicted octanol–water partition coefficient (Wildman–Crippen LogP) is 1.96. The molecular weight excluding hydrogens is 272 g/mol. The number of carbonyl (C=O) groups is 1. The number of aromatic nitrogens is 1. The van der Waals surface area contributed by atoms with Gasteiger partial charge >= 0.3 is 0 Å². The number of hydrogen-bond donors (Lipinski definition) is 2. The fourth-order valence-electron chi connectivity index (χ4n) is 1.71. The van der Waals surface area contributed by atoms with E-state index in [0.717, 1.165) is 16.4 Å². The lowest BCUT2D eigenvalue weighted by Gasteiger charge is -2.13. The molecule has 0 aliphatic heterocycles. The SMILES string of the molecule is CN(C)c1cccc(NC(=O)c2csc(CCN)n2)c1. The van der Waals surface area contributed by atoms with Crippen molar-refractivity contribution in [1.29, 1.82) is 0 Å². The molecule has 5 nitrogen and oxygen atoms in total. The molecule has 0 aliphatic carbocycles. The minimum absolute atomic E-state index is 0.194. The van der Waals surface area contributed by atoms with Crippen molar-refractivity contribution in [2.24, 2.45) is 5.73 Å². The van der Waals surface area contributed by atoms with E-state index in [1.165, 1.54) is 11.3 Å². The summed E-state index contributed by atoms with van der Waals surface area (Å²) in [5.74, 6) is -0.194. The van der Waals surface area contributed by atoms with E-state index in [2.05, 4.69) is 10.3 Å². The zero-order valence-electron chi connectivity index (χ0n) is 11.6. The van der Waals surface area contributed by atoms with Gasteiger partial charge in [0.15, 0.2) is 0 Å². The quantitative estimate of drug-likeness (QED) is 0.883. The van der Waals surface area contributed by atoms with Crippen LogP contribution in [0, 0.1) is 0 Å². The predicted molar refractivity (Wildman–Crippen MR) is 83.6 cm³/mol. The van der Waals surface area contributed by atoms with Gasteiger partial charge < -0.3 is 16.0 Å². The van der Waals surface area contributed by atoms with Crippen LogP contribution in [-0.2, 0) is 6.42 Å². The summed E-state index contributed by atoms with van der Waals surface area (Å²) in [6.07, 6.45) is 0.702. The summed E-state index contributed by atoms with van der Waals surface area (Å²) in [7, 11) is 3.92. The highest BCUT2D eigenvalue weighted by Gasteiger charge is 2.11. The number of benzene rings is 1. The number of amides is 1. The van der Waals surface area contributed by atoms with Crippen molar-refractivity contribution in [2.45, 2.75) is 6.42 Å². The van der Waals surface area contributed by atoms with Gasteiger partial charge in [0.05, 0.1) is 5.01 Å². The van der Waals surface area contributed by atoms with Gasteiger partial charge in [-0.3, -0.25) is 4.79 Å². The topological polar surface area (TPSA) is 71.2 Å². The summed E-state index contributed by atoms with van der Waals surface area (Å²) in [5, 5.41) is 5.50. The van der Waals surface area contributed by atoms with Crippen LogP contribution in [0.15, 0.2) is 29.6 Å². The van der Waals surface area contributed by atoms with Gasteiger partial charge in [-0.1, -0.05) is 6.07 Å². The Morgan fingerprint density at radius 3 is 2.95 bits per heavy atom. The molecule has 106 valence electrons. The smallest absolute Gasteiger partial charge is 0.275 e. The maximum atomic E-state index is 12.1. The van der Waals surface area contributed by atoms with Crippen LogP contribution in [0.3, 0.4) is 0 Å². The first kappa shape index (κ1) is 14.5. The third-order valence-corrected chi connectivity index (χ3v) is 3.67. The maximum absolute atomic E-state index is 12.1. The number of nitrogens with two attached hydrogens (primary N) is 1. The summed E-state index contributed by atoms with van der Waals surface area (Å²) in [5.41, 5.74) is 7.71. The summed E-state index contributed by atoms with van der Waals surface area (Å²) < 4.78 is 0. The van der Waals surface area contributed by atoms with Gasteiger partial charge in [0.25, 0.3) is 5.91 Å². The molecule has 0 saturated carbocycles. The highest BCUT2D eigenvalue weighted by atomic mass is 32.1. The molecule has 0 bridgehead atoms. The Bertz CT molecular complexity index is 594. The van der Waals surface area contributed by atoms with Gasteiger partial charge in [0.2, 0.25) is 0 Å². The summed E-state index contributed by atoms with van der Waals surface area (Å²) >= 11 is 1.46. The van der Waals surface area contributed by atoms with Crippen molar-refractivity contribution in [3.05, 3.63) is 40.3 Å². The highest BCUT2D eigenvalue weighted by Crippen LogP contribution is 2.18. The molecule has 3 N–H and O–H groups in total. The van der Waals surface area contributed by atoms with Crippen molar-refractivity contribution in [3.8, 4) is 0 Å². The number of hydrogen-bond acceptors (Lipinski definition) is 5. The van der Waals surface area contributed by atoms with E-state index < -0.39 is 0 Å². The number of thiazole rings is 1. The second kappa shape index (κ2) is 6.49. The Balaban J connectivity index is 2.08. The molecule has 0 fully saturated rings. The first-order valence-electron chi connectivity index (χ1n) is 6.33. The van der Waals surface area contributed by atoms with Crippen LogP contribution in [0.1, 0.15) is 15.5 Å². The molecule has 0 atom stereocenters. The van der Waals surface area contributed by atoms with Crippen LogP contribution in [0.25, 0.3) is 0 Å². The Hall–Kier alpha value is -1.92. The van der Waals surface area contributed by atoms with Crippen LogP contribution in [0.5, 0.6) is 0 Å². The van der Waals surface area contributed by atoms with Crippen molar-refractivity contribution in [3.63, 3.8) is 0 Å². The van der Waals surface area contributed by atoms with Crippen molar-refractivity contribution < 1.29 is 4.79 Å². The molecule has 0 aliphatic rings. The van der Waals surface area contributed by atoms with E-state index in [9.17, 15) is 4.79 Å². The third kappa shape index (κ3) is 3.55. The largest absolute Gasteiger partial charge is 0.378 e. The summed E-state index contributed by atoms with van der Waals surface area (Å²) in [6, 6.07) is 7.67. The van der Waals surface area contributed by atoms with Gasteiger partial charge in [-0.15, -0.1) is 11.3 Å². The van der Waals surface area contributed by atoms with E-state index in [1.807, 2.05) is 43.3 Å². The Kier molecular flexibility index (Phi) is 4.70. The minimum Gasteiger partial charge on any atom is -0.378 e. The molecule has 1 aromatic carbocycles. The molecule has 2 aromatic rings. The number of anilines is 2. The van der Waals surface area contributed by atoms with Crippen molar-refractivity contribution >= 4 is 28.6 Å². The molecule has 1 heterocycles. The minimum atomic E-state index is -0.194. The lowest BCUT2D eigenvalue weighted by molar-refractivity contribution is 0.102. The number of carbonyl (C=O) groups excluding carboxylic acids is 1. The first-order chi connectivity index (χ1) is 9.60. The maximum Gasteiger partial charge on any atom is 0.275 e. The lowest BCUT2D eigenvalue weighted by Crippen LogP contribution is -2.14. The number of nitrogens with zero attached hydrogens (tertiary/aromatic N) is 2. The molecule has 0 spiro atoms. The Morgan fingerprint density at radius 1 is 1.45 bits per heavy atom. The zero-order chi connectivity index (χ0) is 14.5. The summed E-state index contributed by atoms with van der Waals surface area (Å²) in [4.78, 5) is 18.4. The van der Waals surface area contributed by atoms with Gasteiger partial charge in [0, 0.05) is 37.3 Å². The monoisotopic (exact) mass is 290 g/mol. The third-order valence-electron chi connectivity index (χ3n) is 2.76. The van der Waals surface area contributed by atoms with Crippen LogP contribution in [0.2, 0.25) is 0 Å². The van der Waals surface area contributed by atoms with Crippen LogP contribution in [0.4, 0.5) is 11.4 Å². The van der Waals surface area contributed by atoms with E-state index >= 15 is 0 Å². The first-order valence-corrected chi connectivity index (χ1v) is 7.21. The fourth-order valence-corrected chi connectivity index (χ4v) is 2.50. The van der Waals surface area contributed by atoms with Crippen LogP contribution in [-0.4, -0.2) is 31.5 Å². The fraction of sp³-hybridized carbons (Fsp3) is 0.286. The second-order valence-corrected chi connectivity index (χ2v) is 5.51. The van der Waals surface area contributed by atoms with Gasteiger partial charge in [0.1, 0.15) is 5.69 Å². The van der Waals surface area contributed by atoms with Crippen molar-refractivity contribution in [1.82, 2.24) is 4.98 Å². The van der Waals surface area contributed by atoms with Crippen LogP contribution >= 0.6 is 11.3 Å². The molecular formula is C14H18N4OS. The average molecular weight is 290 g/mol. The number of rotatable bonds is 5. The van der Waals surface area contributed by atoms with Gasteiger partial charge in [-0.2, -0.15) is 0 Å². The molecule has 0 unspecified atom stereocenters. The standard InChI is InChI=1S/C14H18N4OS/c1-18(2)11-5-3-4-10(8-11)16-14(19)12-9-20-13(17-12)6-7-15/h3-5,8-9H,6-7,15H2,1-2H3,(H,16,19). The Morgan fingerprint density at radius 2 is 2.25 bits per heavy atom. The van der Waals surface area contributed by atoms with E-state index in [-0.39, 0.29) is 5.91 Å². The second-order valence-electron chi connectivity index (χ2n) is 4.56. The molecule has 1 amide bonds. The van der Waals surface area contributed by atoms with Gasteiger partial charge in [-0.05, 0) is 24.7 Å². The van der Waals surface area contributed by atoms with Gasteiger partial charge in [-0.25, -0.2) is 4.98 Å². The lowest BCUT2D eigenvalue weighted by atomic mass is 10.2. The molecule has 2 rings (SSSR count). The average Bonchev–Trinajstić information content (AvgIpc) is 2.88. The van der Waals surface area contributed by atoms with Crippen molar-refractivity contribution in [2.75, 3.05) is 30.9 Å². The zero-order valence-corrected chi connectivity index (χ0v) is 12.4. The molecule has 6 heteroatoms. The molecule has 20 heavy (non-hydrogen) atoms. The molecule has 0 radical (unpaired) electrons. The van der Waals surface area contributed by atoms with E-state index in [1.54, 1.807) is 5.38 Å². The molecule has 1 aromatic heterocycles. The Labute approximate surface area is 122 Å². The molecule has 0 saturated heterocycles. The van der Waals surface area contributed by atoms with Crippen LogP contribution < -0.4 is 16.0 Å². The van der Waals surface area contributed by atoms with E-state index in [0.29, 0.717) is 18.7 Å². The number of nitrogens with one attached hydrogen (secondary N) is 1.